The zero-order valence-electron chi connectivity index (χ0n) is 12.1. The van der Waals surface area contributed by atoms with Gasteiger partial charge in [0.2, 0.25) is 0 Å². The van der Waals surface area contributed by atoms with Gasteiger partial charge in [-0.25, -0.2) is 0 Å². The monoisotopic (exact) mass is 250 g/mol. The van der Waals surface area contributed by atoms with Crippen molar-refractivity contribution >= 4 is 0 Å². The predicted molar refractivity (Wildman–Crippen MR) is 74.4 cm³/mol. The maximum Gasteiger partial charge on any atom is 0.0947 e. The van der Waals surface area contributed by atoms with Gasteiger partial charge in [-0.2, -0.15) is 0 Å². The van der Waals surface area contributed by atoms with E-state index < -0.39 is 0 Å². The molecule has 0 radical (unpaired) electrons. The van der Waals surface area contributed by atoms with Crippen molar-refractivity contribution in [2.24, 2.45) is 11.3 Å². The summed E-state index contributed by atoms with van der Waals surface area (Å²) >= 11 is 0. The van der Waals surface area contributed by atoms with Crippen LogP contribution in [0.25, 0.3) is 0 Å². The number of hydrogen-bond acceptors (Lipinski definition) is 3. The molecule has 1 heterocycles. The highest BCUT2D eigenvalue weighted by Gasteiger charge is 2.40. The Kier molecular flexibility index (Phi) is 4.13. The van der Waals surface area contributed by atoms with Crippen LogP contribution in [-0.4, -0.2) is 31.6 Å². The van der Waals surface area contributed by atoms with Gasteiger partial charge in [-0.15, -0.1) is 0 Å². The first-order valence-corrected chi connectivity index (χ1v) is 6.90. The quantitative estimate of drug-likeness (QED) is 0.871. The second-order valence-corrected chi connectivity index (χ2v) is 6.38. The molecule has 2 atom stereocenters. The van der Waals surface area contributed by atoms with E-state index in [1.807, 2.05) is 12.3 Å². The van der Waals surface area contributed by atoms with Crippen LogP contribution in [0.2, 0.25) is 0 Å². The standard InChI is InChI=1S/C15H26N2O/c1-15(2)7-5-13(14(15)16-3)10-17(4)9-12-6-8-18-11-12/h6,8,11,13-14,16H,5,7,9-10H2,1-4H3. The second-order valence-electron chi connectivity index (χ2n) is 6.38. The first-order valence-electron chi connectivity index (χ1n) is 6.90. The highest BCUT2D eigenvalue weighted by molar-refractivity contribution is 5.05. The molecular formula is C15H26N2O. The van der Waals surface area contributed by atoms with Gasteiger partial charge in [0.1, 0.15) is 0 Å². The summed E-state index contributed by atoms with van der Waals surface area (Å²) in [6.45, 7) is 6.89. The van der Waals surface area contributed by atoms with E-state index in [1.165, 1.54) is 18.4 Å². The molecule has 0 aromatic carbocycles. The third-order valence-electron chi connectivity index (χ3n) is 4.36. The Labute approximate surface area is 111 Å². The normalized spacial score (nSPS) is 26.9. The minimum absolute atomic E-state index is 0.426. The summed E-state index contributed by atoms with van der Waals surface area (Å²) in [6, 6.07) is 2.68. The number of hydrogen-bond donors (Lipinski definition) is 1. The molecule has 1 saturated carbocycles. The molecule has 2 rings (SSSR count). The largest absolute Gasteiger partial charge is 0.472 e. The highest BCUT2D eigenvalue weighted by Crippen LogP contribution is 2.41. The van der Waals surface area contributed by atoms with Crippen molar-refractivity contribution < 1.29 is 4.42 Å². The van der Waals surface area contributed by atoms with E-state index in [-0.39, 0.29) is 0 Å². The zero-order valence-corrected chi connectivity index (χ0v) is 12.1. The Morgan fingerprint density at radius 2 is 2.28 bits per heavy atom. The zero-order chi connectivity index (χ0) is 13.2. The van der Waals surface area contributed by atoms with Gasteiger partial charge < -0.3 is 14.6 Å². The number of nitrogens with one attached hydrogen (secondary N) is 1. The molecule has 1 fully saturated rings. The molecule has 0 saturated heterocycles. The lowest BCUT2D eigenvalue weighted by Gasteiger charge is -2.32. The molecule has 18 heavy (non-hydrogen) atoms. The summed E-state index contributed by atoms with van der Waals surface area (Å²) in [5, 5.41) is 3.52. The number of furan rings is 1. The van der Waals surface area contributed by atoms with Crippen molar-refractivity contribution in [2.75, 3.05) is 20.6 Å². The fourth-order valence-corrected chi connectivity index (χ4v) is 3.50. The molecule has 1 aliphatic rings. The van der Waals surface area contributed by atoms with E-state index in [2.05, 4.69) is 38.2 Å². The molecule has 102 valence electrons. The summed E-state index contributed by atoms with van der Waals surface area (Å²) in [5.74, 6) is 0.752. The lowest BCUT2D eigenvalue weighted by atomic mass is 9.85. The molecule has 1 aromatic rings. The first-order chi connectivity index (χ1) is 8.53. The predicted octanol–water partition coefficient (Wildman–Crippen LogP) is 2.74. The summed E-state index contributed by atoms with van der Waals surface area (Å²) in [6.07, 6.45) is 6.24. The Morgan fingerprint density at radius 1 is 1.50 bits per heavy atom. The van der Waals surface area contributed by atoms with Gasteiger partial charge in [-0.3, -0.25) is 0 Å². The molecule has 1 aliphatic carbocycles. The van der Waals surface area contributed by atoms with Gasteiger partial charge in [0.05, 0.1) is 12.5 Å². The van der Waals surface area contributed by atoms with Crippen molar-refractivity contribution in [2.45, 2.75) is 39.3 Å². The Morgan fingerprint density at radius 3 is 2.89 bits per heavy atom. The van der Waals surface area contributed by atoms with E-state index in [4.69, 9.17) is 4.42 Å². The Bertz CT molecular complexity index is 359. The fourth-order valence-electron chi connectivity index (χ4n) is 3.50. The lowest BCUT2D eigenvalue weighted by molar-refractivity contribution is 0.207. The van der Waals surface area contributed by atoms with Gasteiger partial charge in [0, 0.05) is 24.7 Å². The lowest BCUT2D eigenvalue weighted by Crippen LogP contribution is -2.43. The molecule has 0 amide bonds. The molecule has 3 nitrogen and oxygen atoms in total. The van der Waals surface area contributed by atoms with Gasteiger partial charge >= 0.3 is 0 Å². The minimum Gasteiger partial charge on any atom is -0.472 e. The molecule has 3 heteroatoms. The fraction of sp³-hybridized carbons (Fsp3) is 0.733. The molecule has 0 aliphatic heterocycles. The number of rotatable bonds is 5. The Balaban J connectivity index is 1.89. The third kappa shape index (κ3) is 2.96. The van der Waals surface area contributed by atoms with Crippen LogP contribution in [0.5, 0.6) is 0 Å². The van der Waals surface area contributed by atoms with E-state index in [1.54, 1.807) is 6.26 Å². The van der Waals surface area contributed by atoms with E-state index in [0.717, 1.165) is 19.0 Å². The van der Waals surface area contributed by atoms with Crippen molar-refractivity contribution in [3.05, 3.63) is 24.2 Å². The minimum atomic E-state index is 0.426. The molecular weight excluding hydrogens is 224 g/mol. The maximum atomic E-state index is 5.12. The van der Waals surface area contributed by atoms with Gasteiger partial charge in [0.25, 0.3) is 0 Å². The van der Waals surface area contributed by atoms with Crippen molar-refractivity contribution in [1.82, 2.24) is 10.2 Å². The summed E-state index contributed by atoms with van der Waals surface area (Å²) in [7, 11) is 4.30. The van der Waals surface area contributed by atoms with Crippen LogP contribution in [0, 0.1) is 11.3 Å². The summed E-state index contributed by atoms with van der Waals surface area (Å²) in [4.78, 5) is 2.40. The van der Waals surface area contributed by atoms with E-state index >= 15 is 0 Å². The van der Waals surface area contributed by atoms with Crippen LogP contribution in [0.15, 0.2) is 23.0 Å². The second kappa shape index (κ2) is 5.45. The molecule has 2 unspecified atom stereocenters. The van der Waals surface area contributed by atoms with Crippen LogP contribution in [0.4, 0.5) is 0 Å². The first kappa shape index (κ1) is 13.6. The van der Waals surface area contributed by atoms with Crippen LogP contribution in [0.1, 0.15) is 32.3 Å². The van der Waals surface area contributed by atoms with Crippen molar-refractivity contribution in [3.8, 4) is 0 Å². The van der Waals surface area contributed by atoms with Crippen molar-refractivity contribution in [3.63, 3.8) is 0 Å². The maximum absolute atomic E-state index is 5.12. The van der Waals surface area contributed by atoms with Crippen LogP contribution < -0.4 is 5.32 Å². The van der Waals surface area contributed by atoms with Crippen molar-refractivity contribution in [1.29, 1.82) is 0 Å². The molecule has 1 aromatic heterocycles. The van der Waals surface area contributed by atoms with Gasteiger partial charge in [-0.1, -0.05) is 13.8 Å². The smallest absolute Gasteiger partial charge is 0.0947 e. The molecule has 0 spiro atoms. The Hall–Kier alpha value is -0.800. The summed E-state index contributed by atoms with van der Waals surface area (Å²) in [5.41, 5.74) is 1.69. The number of nitrogens with zero attached hydrogens (tertiary/aromatic N) is 1. The topological polar surface area (TPSA) is 28.4 Å². The van der Waals surface area contributed by atoms with Crippen LogP contribution in [0.3, 0.4) is 0 Å². The SMILES string of the molecule is CNC1C(CN(C)Cc2ccoc2)CCC1(C)C. The summed E-state index contributed by atoms with van der Waals surface area (Å²) < 4.78 is 5.12. The van der Waals surface area contributed by atoms with E-state index in [0.29, 0.717) is 11.5 Å². The third-order valence-corrected chi connectivity index (χ3v) is 4.36. The van der Waals surface area contributed by atoms with Gasteiger partial charge in [0.15, 0.2) is 0 Å². The average molecular weight is 250 g/mol. The van der Waals surface area contributed by atoms with E-state index in [9.17, 15) is 0 Å². The highest BCUT2D eigenvalue weighted by atomic mass is 16.3. The molecule has 1 N–H and O–H groups in total. The van der Waals surface area contributed by atoms with Crippen LogP contribution in [-0.2, 0) is 6.54 Å². The van der Waals surface area contributed by atoms with Gasteiger partial charge in [-0.05, 0) is 44.3 Å². The average Bonchev–Trinajstić information content (AvgIpc) is 2.87. The molecule has 0 bridgehead atoms. The van der Waals surface area contributed by atoms with Crippen LogP contribution >= 0.6 is 0 Å².